The minimum Gasteiger partial charge on any atom is -0.456 e. The Labute approximate surface area is 157 Å². The smallest absolute Gasteiger partial charge is 0.331 e. The second kappa shape index (κ2) is 7.66. The third-order valence-electron chi connectivity index (χ3n) is 4.16. The molecule has 3 aromatic rings. The van der Waals surface area contributed by atoms with Crippen LogP contribution in [0.5, 0.6) is 0 Å². The van der Waals surface area contributed by atoms with Crippen LogP contribution in [0.1, 0.15) is 28.2 Å². The average molecular weight is 367 g/mol. The molecule has 2 heterocycles. The van der Waals surface area contributed by atoms with Crippen molar-refractivity contribution in [1.82, 2.24) is 14.8 Å². The number of nitrogens with zero attached hydrogens (tertiary/aromatic N) is 3. The van der Waals surface area contributed by atoms with E-state index in [9.17, 15) is 4.79 Å². The Hall–Kier alpha value is -2.73. The van der Waals surface area contributed by atoms with Crippen molar-refractivity contribution in [3.8, 4) is 10.6 Å². The molecule has 0 aliphatic carbocycles. The maximum Gasteiger partial charge on any atom is 0.331 e. The molecule has 0 saturated carbocycles. The number of hydrogen-bond acceptors (Lipinski definition) is 5. The van der Waals surface area contributed by atoms with Gasteiger partial charge in [0.25, 0.3) is 0 Å². The lowest BCUT2D eigenvalue weighted by atomic mass is 10.2. The Morgan fingerprint density at radius 1 is 1.23 bits per heavy atom. The summed E-state index contributed by atoms with van der Waals surface area (Å²) in [6.45, 7) is 6.10. The van der Waals surface area contributed by atoms with Crippen LogP contribution in [0.4, 0.5) is 0 Å². The molecule has 0 atom stereocenters. The zero-order valence-electron chi connectivity index (χ0n) is 15.3. The molecule has 0 spiro atoms. The van der Waals surface area contributed by atoms with E-state index in [0.717, 1.165) is 33.2 Å². The van der Waals surface area contributed by atoms with Gasteiger partial charge < -0.3 is 4.74 Å². The average Bonchev–Trinajstić information content (AvgIpc) is 3.18. The van der Waals surface area contributed by atoms with Crippen LogP contribution in [0.3, 0.4) is 0 Å². The fourth-order valence-electron chi connectivity index (χ4n) is 2.58. The molecule has 3 rings (SSSR count). The number of hydrogen-bond donors (Lipinski definition) is 0. The molecule has 2 aromatic heterocycles. The van der Waals surface area contributed by atoms with Crippen LogP contribution in [-0.4, -0.2) is 20.7 Å². The predicted molar refractivity (Wildman–Crippen MR) is 104 cm³/mol. The van der Waals surface area contributed by atoms with Gasteiger partial charge in [-0.1, -0.05) is 29.8 Å². The highest BCUT2D eigenvalue weighted by Crippen LogP contribution is 2.24. The Morgan fingerprint density at radius 2 is 1.96 bits per heavy atom. The number of aromatic nitrogens is 3. The van der Waals surface area contributed by atoms with E-state index in [4.69, 9.17) is 4.74 Å². The van der Waals surface area contributed by atoms with Crippen LogP contribution in [0.2, 0.25) is 0 Å². The van der Waals surface area contributed by atoms with Crippen LogP contribution in [0, 0.1) is 20.8 Å². The summed E-state index contributed by atoms with van der Waals surface area (Å²) in [5.41, 5.74) is 5.87. The highest BCUT2D eigenvalue weighted by molar-refractivity contribution is 7.13. The molecule has 0 aliphatic rings. The van der Waals surface area contributed by atoms with E-state index in [2.05, 4.69) is 29.1 Å². The monoisotopic (exact) mass is 367 g/mol. The Kier molecular flexibility index (Phi) is 5.32. The molecule has 6 heteroatoms. The van der Waals surface area contributed by atoms with Crippen LogP contribution in [0.25, 0.3) is 16.6 Å². The van der Waals surface area contributed by atoms with Gasteiger partial charge in [0.15, 0.2) is 0 Å². The highest BCUT2D eigenvalue weighted by atomic mass is 32.1. The van der Waals surface area contributed by atoms with Crippen molar-refractivity contribution in [2.75, 3.05) is 0 Å². The van der Waals surface area contributed by atoms with Gasteiger partial charge in [0, 0.05) is 35.3 Å². The molecule has 0 radical (unpaired) electrons. The van der Waals surface area contributed by atoms with E-state index in [1.165, 1.54) is 11.6 Å². The molecule has 0 saturated heterocycles. The van der Waals surface area contributed by atoms with Gasteiger partial charge in [-0.15, -0.1) is 11.3 Å². The third-order valence-corrected chi connectivity index (χ3v) is 5.10. The van der Waals surface area contributed by atoms with Crippen molar-refractivity contribution < 1.29 is 9.53 Å². The number of rotatable bonds is 5. The molecule has 1 aromatic carbocycles. The van der Waals surface area contributed by atoms with E-state index in [1.807, 2.05) is 38.4 Å². The number of ether oxygens (including phenoxy) is 1. The maximum absolute atomic E-state index is 12.0. The van der Waals surface area contributed by atoms with Gasteiger partial charge in [0.1, 0.15) is 11.6 Å². The van der Waals surface area contributed by atoms with Gasteiger partial charge in [0.05, 0.1) is 11.4 Å². The maximum atomic E-state index is 12.0. The molecule has 134 valence electrons. The van der Waals surface area contributed by atoms with Crippen molar-refractivity contribution in [3.05, 3.63) is 63.9 Å². The van der Waals surface area contributed by atoms with Gasteiger partial charge >= 0.3 is 5.97 Å². The first-order chi connectivity index (χ1) is 12.4. The highest BCUT2D eigenvalue weighted by Gasteiger charge is 2.08. The first kappa shape index (κ1) is 18.1. The first-order valence-electron chi connectivity index (χ1n) is 8.30. The van der Waals surface area contributed by atoms with E-state index in [1.54, 1.807) is 22.1 Å². The summed E-state index contributed by atoms with van der Waals surface area (Å²) in [5, 5.41) is 7.17. The minimum absolute atomic E-state index is 0.163. The Balaban J connectivity index is 1.60. The van der Waals surface area contributed by atoms with E-state index < -0.39 is 5.97 Å². The molecule has 5 nitrogen and oxygen atoms in total. The van der Waals surface area contributed by atoms with Crippen molar-refractivity contribution in [2.24, 2.45) is 7.05 Å². The second-order valence-electron chi connectivity index (χ2n) is 6.16. The normalized spacial score (nSPS) is 11.2. The number of carbonyl (C=O) groups is 1. The second-order valence-corrected chi connectivity index (χ2v) is 7.02. The lowest BCUT2D eigenvalue weighted by Crippen LogP contribution is -2.01. The molecule has 0 bridgehead atoms. The SMILES string of the molecule is Cc1ccc(-c2nc(COC(=O)/C=C/c3c(C)nn(C)c3C)cs2)cc1. The molecular formula is C20H21N3O2S. The third kappa shape index (κ3) is 4.08. The van der Waals surface area contributed by atoms with Crippen LogP contribution >= 0.6 is 11.3 Å². The molecule has 26 heavy (non-hydrogen) atoms. The summed E-state index contributed by atoms with van der Waals surface area (Å²) in [6, 6.07) is 8.21. The van der Waals surface area contributed by atoms with Gasteiger partial charge in [-0.2, -0.15) is 5.10 Å². The summed E-state index contributed by atoms with van der Waals surface area (Å²) in [5.74, 6) is -0.391. The van der Waals surface area contributed by atoms with Crippen LogP contribution < -0.4 is 0 Å². The summed E-state index contributed by atoms with van der Waals surface area (Å²) in [7, 11) is 1.88. The Morgan fingerprint density at radius 3 is 2.62 bits per heavy atom. The fraction of sp³-hybridized carbons (Fsp3) is 0.250. The Bertz CT molecular complexity index is 952. The summed E-state index contributed by atoms with van der Waals surface area (Å²) in [6.07, 6.45) is 3.18. The standard InChI is InChI=1S/C20H21N3O2S/c1-13-5-7-16(8-6-13)20-21-17(12-26-20)11-25-19(24)10-9-18-14(2)22-23(4)15(18)3/h5-10,12H,11H2,1-4H3/b10-9+. The van der Waals surface area contributed by atoms with Crippen molar-refractivity contribution >= 4 is 23.4 Å². The number of aryl methyl sites for hydroxylation is 3. The van der Waals surface area contributed by atoms with Gasteiger partial charge in [-0.05, 0) is 26.8 Å². The summed E-state index contributed by atoms with van der Waals surface area (Å²) >= 11 is 1.55. The zero-order valence-corrected chi connectivity index (χ0v) is 16.1. The fourth-order valence-corrected chi connectivity index (χ4v) is 3.39. The van der Waals surface area contributed by atoms with Gasteiger partial charge in [-0.25, -0.2) is 9.78 Å². The van der Waals surface area contributed by atoms with E-state index in [0.29, 0.717) is 0 Å². The summed E-state index contributed by atoms with van der Waals surface area (Å²) < 4.78 is 7.09. The predicted octanol–water partition coefficient (Wildman–Crippen LogP) is 4.23. The first-order valence-corrected chi connectivity index (χ1v) is 9.18. The van der Waals surface area contributed by atoms with Crippen LogP contribution in [0.15, 0.2) is 35.7 Å². The molecule has 0 amide bonds. The van der Waals surface area contributed by atoms with Crippen molar-refractivity contribution in [1.29, 1.82) is 0 Å². The van der Waals surface area contributed by atoms with Crippen LogP contribution in [-0.2, 0) is 23.2 Å². The van der Waals surface area contributed by atoms with E-state index in [-0.39, 0.29) is 6.61 Å². The zero-order chi connectivity index (χ0) is 18.7. The van der Waals surface area contributed by atoms with E-state index >= 15 is 0 Å². The van der Waals surface area contributed by atoms with Gasteiger partial charge in [0.2, 0.25) is 0 Å². The quantitative estimate of drug-likeness (QED) is 0.500. The van der Waals surface area contributed by atoms with Crippen molar-refractivity contribution in [2.45, 2.75) is 27.4 Å². The molecule has 0 N–H and O–H groups in total. The lowest BCUT2D eigenvalue weighted by molar-refractivity contribution is -0.139. The topological polar surface area (TPSA) is 57.0 Å². The molecule has 0 unspecified atom stereocenters. The summed E-state index contributed by atoms with van der Waals surface area (Å²) in [4.78, 5) is 16.5. The molecule has 0 fully saturated rings. The molecule has 0 aliphatic heterocycles. The van der Waals surface area contributed by atoms with Crippen molar-refractivity contribution in [3.63, 3.8) is 0 Å². The number of benzene rings is 1. The minimum atomic E-state index is -0.391. The van der Waals surface area contributed by atoms with Gasteiger partial charge in [-0.3, -0.25) is 4.68 Å². The largest absolute Gasteiger partial charge is 0.456 e. The molecular weight excluding hydrogens is 346 g/mol. The number of esters is 1. The number of thiazole rings is 1. The lowest BCUT2D eigenvalue weighted by Gasteiger charge is -1.99. The number of carbonyl (C=O) groups excluding carboxylic acids is 1.